The maximum atomic E-state index is 13.2. The number of fused-ring (bicyclic) bond motifs is 3. The molecule has 2 aliphatic rings. The second-order valence-corrected chi connectivity index (χ2v) is 8.31. The van der Waals surface area contributed by atoms with Crippen molar-refractivity contribution >= 4 is 12.0 Å². The van der Waals surface area contributed by atoms with Gasteiger partial charge in [0.1, 0.15) is 0 Å². The van der Waals surface area contributed by atoms with E-state index in [2.05, 4.69) is 15.2 Å². The van der Waals surface area contributed by atoms with Crippen molar-refractivity contribution in [1.82, 2.24) is 19.8 Å². The van der Waals surface area contributed by atoms with Crippen LogP contribution in [0.3, 0.4) is 0 Å². The summed E-state index contributed by atoms with van der Waals surface area (Å²) in [7, 11) is 0. The molecule has 7 heteroatoms. The van der Waals surface area contributed by atoms with E-state index in [-0.39, 0.29) is 36.0 Å². The molecule has 1 saturated heterocycles. The molecule has 7 nitrogen and oxygen atoms in total. The molecule has 4 rings (SSSR count). The van der Waals surface area contributed by atoms with Crippen molar-refractivity contribution in [2.45, 2.75) is 45.4 Å². The molecular weight excluding hydrogens is 392 g/mol. The normalized spacial score (nSPS) is 25.0. The molecule has 0 aliphatic carbocycles. The third kappa shape index (κ3) is 3.83. The molecule has 2 N–H and O–H groups in total. The number of amides is 1. The first kappa shape index (κ1) is 21.5. The second kappa shape index (κ2) is 9.16. The van der Waals surface area contributed by atoms with Crippen molar-refractivity contribution in [2.75, 3.05) is 13.2 Å². The topological polar surface area (TPSA) is 87.5 Å². The van der Waals surface area contributed by atoms with E-state index in [9.17, 15) is 14.7 Å². The van der Waals surface area contributed by atoms with Crippen molar-refractivity contribution < 1.29 is 9.90 Å². The number of nitrogens with one attached hydrogen (secondary N) is 1. The Hall–Kier alpha value is -2.77. The lowest BCUT2D eigenvalue weighted by Crippen LogP contribution is -2.48. The van der Waals surface area contributed by atoms with Gasteiger partial charge in [0.2, 0.25) is 5.91 Å². The molecule has 1 fully saturated rings. The molecule has 0 bridgehead atoms. The highest BCUT2D eigenvalue weighted by molar-refractivity contribution is 5.82. The van der Waals surface area contributed by atoms with Gasteiger partial charge in [-0.25, -0.2) is 0 Å². The fourth-order valence-electron chi connectivity index (χ4n) is 5.14. The molecule has 4 atom stereocenters. The van der Waals surface area contributed by atoms with Gasteiger partial charge in [0.05, 0.1) is 17.8 Å². The monoisotopic (exact) mass is 422 g/mol. The zero-order valence-corrected chi connectivity index (χ0v) is 18.1. The molecule has 4 heterocycles. The number of pyridine rings is 2. The van der Waals surface area contributed by atoms with Crippen molar-refractivity contribution in [3.8, 4) is 0 Å². The summed E-state index contributed by atoms with van der Waals surface area (Å²) in [5.41, 5.74) is 2.40. The van der Waals surface area contributed by atoms with Gasteiger partial charge >= 0.3 is 0 Å². The molecule has 0 radical (unpaired) electrons. The van der Waals surface area contributed by atoms with Gasteiger partial charge < -0.3 is 15.0 Å². The highest BCUT2D eigenvalue weighted by atomic mass is 16.3. The Bertz CT molecular complexity index is 1020. The first-order valence-corrected chi connectivity index (χ1v) is 11.0. The van der Waals surface area contributed by atoms with E-state index in [0.29, 0.717) is 25.2 Å². The zero-order valence-electron chi connectivity index (χ0n) is 18.1. The summed E-state index contributed by atoms with van der Waals surface area (Å²) in [6, 6.07) is 9.01. The smallest absolute Gasteiger partial charge is 0.258 e. The van der Waals surface area contributed by atoms with E-state index < -0.39 is 6.04 Å². The minimum atomic E-state index is -0.465. The first-order valence-electron chi connectivity index (χ1n) is 11.0. The third-order valence-corrected chi connectivity index (χ3v) is 6.46. The minimum Gasteiger partial charge on any atom is -0.396 e. The largest absolute Gasteiger partial charge is 0.396 e. The van der Waals surface area contributed by atoms with Crippen LogP contribution in [-0.4, -0.2) is 44.7 Å². The van der Waals surface area contributed by atoms with Crippen LogP contribution in [0.5, 0.6) is 0 Å². The predicted molar refractivity (Wildman–Crippen MR) is 119 cm³/mol. The number of carbonyl (C=O) groups excluding carboxylic acids is 1. The number of likely N-dealkylation sites (tertiary alicyclic amines) is 1. The standard InChI is InChI=1S/C24H30N4O3/c1-3-7-16-9-10-20-21-18(14-27(20)24(16)31)19(15-29)22(23(30)26-11-4-2)28(21)13-17-8-5-6-12-25-17/h3,5-10,12,18-19,21-22,29H,4,11,13-15H2,1-2H3,(H,26,30)/b7-3+/t18-,19-,21+,22-/m1/s1. The number of rotatable bonds is 7. The van der Waals surface area contributed by atoms with Gasteiger partial charge in [-0.15, -0.1) is 0 Å². The van der Waals surface area contributed by atoms with Gasteiger partial charge in [-0.05, 0) is 37.6 Å². The number of carbonyl (C=O) groups is 1. The Morgan fingerprint density at radius 1 is 1.32 bits per heavy atom. The van der Waals surface area contributed by atoms with Crippen LogP contribution in [0.4, 0.5) is 0 Å². The molecule has 0 spiro atoms. The van der Waals surface area contributed by atoms with Crippen LogP contribution < -0.4 is 10.9 Å². The first-order chi connectivity index (χ1) is 15.1. The molecule has 1 amide bonds. The van der Waals surface area contributed by atoms with Gasteiger partial charge in [0.15, 0.2) is 0 Å². The predicted octanol–water partition coefficient (Wildman–Crippen LogP) is 1.97. The van der Waals surface area contributed by atoms with Crippen LogP contribution in [0.15, 0.2) is 47.4 Å². The lowest BCUT2D eigenvalue weighted by Gasteiger charge is -2.30. The Balaban J connectivity index is 1.77. The van der Waals surface area contributed by atoms with E-state index in [1.165, 1.54) is 0 Å². The summed E-state index contributed by atoms with van der Waals surface area (Å²) in [5, 5.41) is 13.3. The van der Waals surface area contributed by atoms with Crippen LogP contribution >= 0.6 is 0 Å². The number of hydrogen-bond donors (Lipinski definition) is 2. The Morgan fingerprint density at radius 2 is 2.16 bits per heavy atom. The van der Waals surface area contributed by atoms with Crippen LogP contribution in [0.25, 0.3) is 6.08 Å². The summed E-state index contributed by atoms with van der Waals surface area (Å²) >= 11 is 0. The molecule has 31 heavy (non-hydrogen) atoms. The average molecular weight is 423 g/mol. The summed E-state index contributed by atoms with van der Waals surface area (Å²) in [6.45, 7) is 5.39. The highest BCUT2D eigenvalue weighted by Crippen LogP contribution is 2.49. The molecule has 0 aromatic carbocycles. The Kier molecular flexibility index (Phi) is 6.34. The van der Waals surface area contributed by atoms with E-state index >= 15 is 0 Å². The number of hydrogen-bond acceptors (Lipinski definition) is 5. The van der Waals surface area contributed by atoms with Gasteiger partial charge in [-0.3, -0.25) is 19.5 Å². The molecule has 2 aliphatic heterocycles. The summed E-state index contributed by atoms with van der Waals surface area (Å²) in [5.74, 6) is -0.333. The summed E-state index contributed by atoms with van der Waals surface area (Å²) < 4.78 is 1.82. The zero-order chi connectivity index (χ0) is 22.0. The summed E-state index contributed by atoms with van der Waals surface area (Å²) in [6.07, 6.45) is 6.27. The molecular formula is C24H30N4O3. The SMILES string of the molecule is C/C=C/c1ccc2n(c1=O)C[C@@H]1[C@@H](CO)[C@H](C(=O)NCCC)N(Cc3ccccn3)[C@H]21. The summed E-state index contributed by atoms with van der Waals surface area (Å²) in [4.78, 5) is 32.8. The molecule has 164 valence electrons. The van der Waals surface area contributed by atoms with Crippen molar-refractivity contribution in [1.29, 1.82) is 0 Å². The minimum absolute atomic E-state index is 0.0142. The molecule has 2 aromatic rings. The van der Waals surface area contributed by atoms with Crippen LogP contribution in [0, 0.1) is 11.8 Å². The second-order valence-electron chi connectivity index (χ2n) is 8.31. The number of aliphatic hydroxyl groups excluding tert-OH is 1. The number of aromatic nitrogens is 2. The van der Waals surface area contributed by atoms with Crippen LogP contribution in [-0.2, 0) is 17.9 Å². The van der Waals surface area contributed by atoms with Crippen molar-refractivity contribution in [2.24, 2.45) is 11.8 Å². The lowest BCUT2D eigenvalue weighted by atomic mass is 9.88. The molecule has 2 aromatic heterocycles. The highest BCUT2D eigenvalue weighted by Gasteiger charge is 2.55. The fourth-order valence-corrected chi connectivity index (χ4v) is 5.14. The van der Waals surface area contributed by atoms with Gasteiger partial charge in [0.25, 0.3) is 5.56 Å². The molecule has 0 saturated carbocycles. The van der Waals surface area contributed by atoms with E-state index in [4.69, 9.17) is 0 Å². The number of allylic oxidation sites excluding steroid dienone is 1. The number of nitrogens with zero attached hydrogens (tertiary/aromatic N) is 3. The number of aliphatic hydroxyl groups is 1. The van der Waals surface area contributed by atoms with Crippen LogP contribution in [0.1, 0.15) is 43.3 Å². The molecule has 0 unspecified atom stereocenters. The van der Waals surface area contributed by atoms with Crippen LogP contribution in [0.2, 0.25) is 0 Å². The lowest BCUT2D eigenvalue weighted by molar-refractivity contribution is -0.128. The van der Waals surface area contributed by atoms with E-state index in [1.54, 1.807) is 6.20 Å². The van der Waals surface area contributed by atoms with Crippen molar-refractivity contribution in [3.63, 3.8) is 0 Å². The van der Waals surface area contributed by atoms with E-state index in [1.807, 2.05) is 60.9 Å². The Morgan fingerprint density at radius 3 is 2.84 bits per heavy atom. The fraction of sp³-hybridized carbons (Fsp3) is 0.458. The average Bonchev–Trinajstić information content (AvgIpc) is 3.30. The maximum absolute atomic E-state index is 13.2. The van der Waals surface area contributed by atoms with Crippen molar-refractivity contribution in [3.05, 3.63) is 69.9 Å². The van der Waals surface area contributed by atoms with E-state index in [0.717, 1.165) is 17.8 Å². The quantitative estimate of drug-likeness (QED) is 0.712. The third-order valence-electron chi connectivity index (χ3n) is 6.46. The Labute approximate surface area is 182 Å². The van der Waals surface area contributed by atoms with Gasteiger partial charge in [-0.2, -0.15) is 0 Å². The van der Waals surface area contributed by atoms with Gasteiger partial charge in [0, 0.05) is 55.5 Å². The van der Waals surface area contributed by atoms with Gasteiger partial charge in [-0.1, -0.05) is 25.1 Å². The maximum Gasteiger partial charge on any atom is 0.258 e.